The summed E-state index contributed by atoms with van der Waals surface area (Å²) >= 11 is 7.42. The Hall–Kier alpha value is -2.70. The SMILES string of the molecule is CN(Cc1cccc(Cl)c1)C(=O)COC(=O)/C=C/c1nc2ccccc2s1. The fourth-order valence-corrected chi connectivity index (χ4v) is 3.47. The van der Waals surface area contributed by atoms with Crippen molar-refractivity contribution in [3.63, 3.8) is 0 Å². The average Bonchev–Trinajstić information content (AvgIpc) is 3.07. The summed E-state index contributed by atoms with van der Waals surface area (Å²) in [6, 6.07) is 15.0. The molecule has 7 heteroatoms. The molecule has 5 nitrogen and oxygen atoms in total. The zero-order valence-electron chi connectivity index (χ0n) is 14.6. The van der Waals surface area contributed by atoms with E-state index in [0.29, 0.717) is 16.6 Å². The van der Waals surface area contributed by atoms with E-state index in [-0.39, 0.29) is 12.5 Å². The largest absolute Gasteiger partial charge is 0.452 e. The molecule has 2 aromatic carbocycles. The van der Waals surface area contributed by atoms with Crippen LogP contribution in [0.5, 0.6) is 0 Å². The lowest BCUT2D eigenvalue weighted by Gasteiger charge is -2.17. The van der Waals surface area contributed by atoms with Gasteiger partial charge in [-0.25, -0.2) is 9.78 Å². The minimum absolute atomic E-state index is 0.295. The highest BCUT2D eigenvalue weighted by Gasteiger charge is 2.12. The average molecular weight is 401 g/mol. The van der Waals surface area contributed by atoms with Gasteiger partial charge in [-0.15, -0.1) is 11.3 Å². The Morgan fingerprint density at radius 2 is 2.04 bits per heavy atom. The normalized spacial score (nSPS) is 11.0. The molecule has 0 N–H and O–H groups in total. The lowest BCUT2D eigenvalue weighted by atomic mass is 10.2. The van der Waals surface area contributed by atoms with E-state index < -0.39 is 5.97 Å². The van der Waals surface area contributed by atoms with E-state index in [1.807, 2.05) is 36.4 Å². The van der Waals surface area contributed by atoms with Crippen molar-refractivity contribution in [2.45, 2.75) is 6.54 Å². The van der Waals surface area contributed by atoms with Gasteiger partial charge in [0.05, 0.1) is 10.2 Å². The number of carbonyl (C=O) groups excluding carboxylic acids is 2. The van der Waals surface area contributed by atoms with Crippen LogP contribution in [0.15, 0.2) is 54.6 Å². The predicted octanol–water partition coefficient (Wildman–Crippen LogP) is 4.16. The molecule has 0 spiro atoms. The maximum Gasteiger partial charge on any atom is 0.331 e. The van der Waals surface area contributed by atoms with Crippen molar-refractivity contribution in [1.82, 2.24) is 9.88 Å². The Kier molecular flexibility index (Phi) is 6.21. The first kappa shape index (κ1) is 19.1. The molecule has 1 heterocycles. The van der Waals surface area contributed by atoms with E-state index in [9.17, 15) is 9.59 Å². The number of likely N-dealkylation sites (N-methyl/N-ethyl adjacent to an activating group) is 1. The molecule has 0 atom stereocenters. The third-order valence-corrected chi connectivity index (χ3v) is 4.98. The second kappa shape index (κ2) is 8.79. The van der Waals surface area contributed by atoms with Gasteiger partial charge in [-0.05, 0) is 35.9 Å². The molecule has 0 bridgehead atoms. The first-order chi connectivity index (χ1) is 13.0. The zero-order valence-corrected chi connectivity index (χ0v) is 16.2. The number of carbonyl (C=O) groups is 2. The van der Waals surface area contributed by atoms with Gasteiger partial charge in [0.2, 0.25) is 0 Å². The highest BCUT2D eigenvalue weighted by molar-refractivity contribution is 7.19. The van der Waals surface area contributed by atoms with Crippen LogP contribution >= 0.6 is 22.9 Å². The molecule has 1 amide bonds. The molecule has 0 aliphatic heterocycles. The van der Waals surface area contributed by atoms with Gasteiger partial charge in [-0.1, -0.05) is 35.9 Å². The first-order valence-corrected chi connectivity index (χ1v) is 9.39. The molecule has 0 saturated carbocycles. The highest BCUT2D eigenvalue weighted by Crippen LogP contribution is 2.22. The third-order valence-electron chi connectivity index (χ3n) is 3.74. The number of para-hydroxylation sites is 1. The topological polar surface area (TPSA) is 59.5 Å². The van der Waals surface area contributed by atoms with Crippen LogP contribution in [-0.4, -0.2) is 35.4 Å². The van der Waals surface area contributed by atoms with Gasteiger partial charge in [0.25, 0.3) is 5.91 Å². The van der Waals surface area contributed by atoms with Crippen LogP contribution in [-0.2, 0) is 20.9 Å². The molecule has 27 heavy (non-hydrogen) atoms. The Labute approximate surface area is 165 Å². The standard InChI is InChI=1S/C20H17ClN2O3S/c1-23(12-14-5-4-6-15(21)11-14)19(24)13-26-20(25)10-9-18-22-16-7-2-3-8-17(16)27-18/h2-11H,12-13H2,1H3/b10-9+. The number of fused-ring (bicyclic) bond motifs is 1. The maximum absolute atomic E-state index is 12.1. The van der Waals surface area contributed by atoms with Crippen LogP contribution < -0.4 is 0 Å². The van der Waals surface area contributed by atoms with Gasteiger partial charge in [0.15, 0.2) is 6.61 Å². The number of nitrogens with zero attached hydrogens (tertiary/aromatic N) is 2. The minimum atomic E-state index is -0.584. The molecule has 0 radical (unpaired) electrons. The summed E-state index contributed by atoms with van der Waals surface area (Å²) in [4.78, 5) is 29.8. The van der Waals surface area contributed by atoms with Crippen LogP contribution in [0.3, 0.4) is 0 Å². The van der Waals surface area contributed by atoms with Gasteiger partial charge in [-0.2, -0.15) is 0 Å². The van der Waals surface area contributed by atoms with Crippen molar-refractivity contribution in [2.24, 2.45) is 0 Å². The number of amides is 1. The van der Waals surface area contributed by atoms with E-state index in [0.717, 1.165) is 15.8 Å². The number of hydrogen-bond donors (Lipinski definition) is 0. The number of ether oxygens (including phenoxy) is 1. The molecule has 0 unspecified atom stereocenters. The Bertz CT molecular complexity index is 967. The van der Waals surface area contributed by atoms with Crippen molar-refractivity contribution in [3.05, 3.63) is 70.2 Å². The lowest BCUT2D eigenvalue weighted by molar-refractivity contribution is -0.147. The summed E-state index contributed by atoms with van der Waals surface area (Å²) in [5.41, 5.74) is 1.79. The number of halogens is 1. The molecular weight excluding hydrogens is 384 g/mol. The molecule has 0 aliphatic rings. The van der Waals surface area contributed by atoms with Crippen LogP contribution in [0.25, 0.3) is 16.3 Å². The number of aromatic nitrogens is 1. The number of esters is 1. The molecule has 1 aromatic heterocycles. The Morgan fingerprint density at radius 1 is 1.22 bits per heavy atom. The minimum Gasteiger partial charge on any atom is -0.452 e. The highest BCUT2D eigenvalue weighted by atomic mass is 35.5. The number of rotatable bonds is 6. The van der Waals surface area contributed by atoms with E-state index >= 15 is 0 Å². The third kappa shape index (κ3) is 5.39. The Balaban J connectivity index is 1.49. The first-order valence-electron chi connectivity index (χ1n) is 8.20. The van der Waals surface area contributed by atoms with E-state index in [4.69, 9.17) is 16.3 Å². The van der Waals surface area contributed by atoms with Crippen molar-refractivity contribution >= 4 is 51.1 Å². The second-order valence-electron chi connectivity index (χ2n) is 5.84. The van der Waals surface area contributed by atoms with Crippen molar-refractivity contribution < 1.29 is 14.3 Å². The van der Waals surface area contributed by atoms with Gasteiger partial charge < -0.3 is 9.64 Å². The molecule has 0 aliphatic carbocycles. The summed E-state index contributed by atoms with van der Waals surface area (Å²) in [6.45, 7) is 0.0680. The van der Waals surface area contributed by atoms with Gasteiger partial charge in [-0.3, -0.25) is 4.79 Å². The van der Waals surface area contributed by atoms with Gasteiger partial charge >= 0.3 is 5.97 Å². The number of thiazole rings is 1. The summed E-state index contributed by atoms with van der Waals surface area (Å²) in [6.07, 6.45) is 2.87. The fraction of sp³-hybridized carbons (Fsp3) is 0.150. The van der Waals surface area contributed by atoms with E-state index in [1.165, 1.54) is 22.3 Å². The van der Waals surface area contributed by atoms with Crippen LogP contribution in [0.2, 0.25) is 5.02 Å². The van der Waals surface area contributed by atoms with Gasteiger partial charge in [0, 0.05) is 24.7 Å². The smallest absolute Gasteiger partial charge is 0.331 e. The molecular formula is C20H17ClN2O3S. The van der Waals surface area contributed by atoms with E-state index in [1.54, 1.807) is 25.3 Å². The second-order valence-corrected chi connectivity index (χ2v) is 7.34. The summed E-state index contributed by atoms with van der Waals surface area (Å²) in [5, 5.41) is 1.32. The quantitative estimate of drug-likeness (QED) is 0.460. The van der Waals surface area contributed by atoms with Crippen molar-refractivity contribution in [2.75, 3.05) is 13.7 Å². The number of benzene rings is 2. The number of hydrogen-bond acceptors (Lipinski definition) is 5. The van der Waals surface area contributed by atoms with Crippen LogP contribution in [0, 0.1) is 0 Å². The molecule has 3 aromatic rings. The predicted molar refractivity (Wildman–Crippen MR) is 108 cm³/mol. The van der Waals surface area contributed by atoms with Gasteiger partial charge in [0.1, 0.15) is 5.01 Å². The van der Waals surface area contributed by atoms with Crippen LogP contribution in [0.1, 0.15) is 10.6 Å². The molecule has 138 valence electrons. The summed E-state index contributed by atoms with van der Waals surface area (Å²) in [5.74, 6) is -0.879. The maximum atomic E-state index is 12.1. The van der Waals surface area contributed by atoms with Crippen molar-refractivity contribution in [3.8, 4) is 0 Å². The fourth-order valence-electron chi connectivity index (χ4n) is 2.39. The molecule has 3 rings (SSSR count). The van der Waals surface area contributed by atoms with E-state index in [2.05, 4.69) is 4.98 Å². The Morgan fingerprint density at radius 3 is 2.81 bits per heavy atom. The lowest BCUT2D eigenvalue weighted by Crippen LogP contribution is -2.30. The van der Waals surface area contributed by atoms with Crippen LogP contribution in [0.4, 0.5) is 0 Å². The van der Waals surface area contributed by atoms with Crippen molar-refractivity contribution in [1.29, 1.82) is 0 Å². The summed E-state index contributed by atoms with van der Waals surface area (Å²) < 4.78 is 6.06. The molecule has 0 fully saturated rings. The summed E-state index contributed by atoms with van der Waals surface area (Å²) in [7, 11) is 1.65. The monoisotopic (exact) mass is 400 g/mol. The zero-order chi connectivity index (χ0) is 19.2. The molecule has 0 saturated heterocycles.